The van der Waals surface area contributed by atoms with Crippen molar-refractivity contribution >= 4 is 23.4 Å². The van der Waals surface area contributed by atoms with Crippen LogP contribution in [0.25, 0.3) is 0 Å². The minimum atomic E-state index is -0.0796. The van der Waals surface area contributed by atoms with E-state index in [4.69, 9.17) is 0 Å². The van der Waals surface area contributed by atoms with Crippen LogP contribution in [0.5, 0.6) is 0 Å². The summed E-state index contributed by atoms with van der Waals surface area (Å²) < 4.78 is 0. The Morgan fingerprint density at radius 3 is 2.63 bits per heavy atom. The highest BCUT2D eigenvalue weighted by molar-refractivity contribution is 5.88. The molecule has 1 fully saturated rings. The van der Waals surface area contributed by atoms with Crippen molar-refractivity contribution in [1.29, 1.82) is 0 Å². The van der Waals surface area contributed by atoms with Gasteiger partial charge in [-0.25, -0.2) is 14.8 Å². The summed E-state index contributed by atoms with van der Waals surface area (Å²) in [5.41, 5.74) is 2.09. The summed E-state index contributed by atoms with van der Waals surface area (Å²) >= 11 is 0. The number of nitrogens with one attached hydrogen (secondary N) is 2. The van der Waals surface area contributed by atoms with Gasteiger partial charge >= 0.3 is 6.03 Å². The van der Waals surface area contributed by atoms with E-state index in [0.717, 1.165) is 49.4 Å². The van der Waals surface area contributed by atoms with Gasteiger partial charge in [0.15, 0.2) is 0 Å². The first-order chi connectivity index (χ1) is 13.0. The molecule has 7 nitrogen and oxygen atoms in total. The molecule has 0 unspecified atom stereocenters. The maximum atomic E-state index is 12.5. The topological polar surface area (TPSA) is 73.4 Å². The van der Waals surface area contributed by atoms with Crippen molar-refractivity contribution in [2.75, 3.05) is 42.7 Å². The monoisotopic (exact) mass is 368 g/mol. The normalized spacial score (nSPS) is 17.1. The van der Waals surface area contributed by atoms with Gasteiger partial charge in [0.05, 0.1) is 11.9 Å². The molecule has 0 aromatic carbocycles. The van der Waals surface area contributed by atoms with Gasteiger partial charge in [0, 0.05) is 39.4 Å². The van der Waals surface area contributed by atoms with E-state index in [9.17, 15) is 4.79 Å². The molecule has 7 heteroatoms. The van der Waals surface area contributed by atoms with Crippen LogP contribution in [0.4, 0.5) is 22.1 Å². The number of anilines is 3. The zero-order valence-electron chi connectivity index (χ0n) is 16.3. The lowest BCUT2D eigenvalue weighted by Crippen LogP contribution is -2.36. The Morgan fingerprint density at radius 1 is 1.11 bits per heavy atom. The molecule has 0 bridgehead atoms. The number of pyridine rings is 2. The molecular formula is C20H28N6O. The second kappa shape index (κ2) is 8.70. The van der Waals surface area contributed by atoms with Gasteiger partial charge in [-0.05, 0) is 49.9 Å². The van der Waals surface area contributed by atoms with Crippen LogP contribution in [0.15, 0.2) is 36.7 Å². The fourth-order valence-electron chi connectivity index (χ4n) is 3.15. The quantitative estimate of drug-likeness (QED) is 0.866. The van der Waals surface area contributed by atoms with E-state index >= 15 is 0 Å². The number of aromatic nitrogens is 2. The molecule has 2 aromatic heterocycles. The Bertz CT molecular complexity index is 744. The molecule has 2 N–H and O–H groups in total. The van der Waals surface area contributed by atoms with Gasteiger partial charge in [0.1, 0.15) is 11.6 Å². The van der Waals surface area contributed by atoms with Crippen molar-refractivity contribution in [3.05, 3.63) is 42.2 Å². The van der Waals surface area contributed by atoms with Crippen LogP contribution in [-0.2, 0) is 0 Å². The molecule has 1 aliphatic heterocycles. The summed E-state index contributed by atoms with van der Waals surface area (Å²) in [5, 5.41) is 6.44. The van der Waals surface area contributed by atoms with Gasteiger partial charge in [0.2, 0.25) is 0 Å². The lowest BCUT2D eigenvalue weighted by atomic mass is 10.1. The molecule has 27 heavy (non-hydrogen) atoms. The smallest absolute Gasteiger partial charge is 0.323 e. The summed E-state index contributed by atoms with van der Waals surface area (Å²) in [5.74, 6) is 1.53. The van der Waals surface area contributed by atoms with Crippen LogP contribution in [0.2, 0.25) is 0 Å². The summed E-state index contributed by atoms with van der Waals surface area (Å²) in [6.45, 7) is 3.45. The van der Waals surface area contributed by atoms with E-state index in [2.05, 4.69) is 26.7 Å². The van der Waals surface area contributed by atoms with Crippen LogP contribution in [0, 0.1) is 6.92 Å². The summed E-state index contributed by atoms with van der Waals surface area (Å²) in [4.78, 5) is 25.1. The summed E-state index contributed by atoms with van der Waals surface area (Å²) in [6.07, 6.45) is 6.53. The highest BCUT2D eigenvalue weighted by atomic mass is 16.2. The molecule has 144 valence electrons. The van der Waals surface area contributed by atoms with Gasteiger partial charge in [-0.2, -0.15) is 0 Å². The lowest BCUT2D eigenvalue weighted by molar-refractivity contribution is 0.213. The first kappa shape index (κ1) is 18.9. The number of carbonyl (C=O) groups is 1. The number of hydrogen-bond acceptors (Lipinski definition) is 5. The number of carbonyl (C=O) groups excluding carboxylic acids is 1. The fraction of sp³-hybridized carbons (Fsp3) is 0.450. The predicted octanol–water partition coefficient (Wildman–Crippen LogP) is 3.35. The molecule has 3 heterocycles. The second-order valence-corrected chi connectivity index (χ2v) is 7.21. The molecule has 2 aromatic rings. The van der Waals surface area contributed by atoms with Crippen LogP contribution < -0.4 is 15.5 Å². The van der Waals surface area contributed by atoms with Gasteiger partial charge < -0.3 is 15.1 Å². The zero-order valence-corrected chi connectivity index (χ0v) is 16.3. The molecule has 1 atom stereocenters. The lowest BCUT2D eigenvalue weighted by Gasteiger charge is -2.21. The van der Waals surface area contributed by atoms with Crippen LogP contribution in [-0.4, -0.2) is 54.1 Å². The molecule has 1 aliphatic rings. The zero-order chi connectivity index (χ0) is 19.2. The predicted molar refractivity (Wildman–Crippen MR) is 109 cm³/mol. The minimum absolute atomic E-state index is 0.0796. The van der Waals surface area contributed by atoms with Crippen molar-refractivity contribution in [2.24, 2.45) is 0 Å². The molecule has 0 saturated carbocycles. The largest absolute Gasteiger partial charge is 0.381 e. The molecule has 3 rings (SSSR count). The summed E-state index contributed by atoms with van der Waals surface area (Å²) in [7, 11) is 3.96. The Morgan fingerprint density at radius 2 is 1.96 bits per heavy atom. The fourth-order valence-corrected chi connectivity index (χ4v) is 3.15. The van der Waals surface area contributed by atoms with Crippen molar-refractivity contribution < 1.29 is 4.79 Å². The Kier molecular flexibility index (Phi) is 6.11. The van der Waals surface area contributed by atoms with Gasteiger partial charge in [-0.15, -0.1) is 0 Å². The first-order valence-corrected chi connectivity index (χ1v) is 9.40. The average molecular weight is 368 g/mol. The molecule has 2 amide bonds. The molecule has 1 saturated heterocycles. The number of aryl methyl sites for hydroxylation is 1. The van der Waals surface area contributed by atoms with E-state index in [1.54, 1.807) is 6.20 Å². The Labute approximate surface area is 160 Å². The van der Waals surface area contributed by atoms with Gasteiger partial charge in [0.25, 0.3) is 0 Å². The van der Waals surface area contributed by atoms with Crippen LogP contribution in [0.1, 0.15) is 24.8 Å². The summed E-state index contributed by atoms with van der Waals surface area (Å²) in [6, 6.07) is 8.10. The number of nitrogens with zero attached hydrogens (tertiary/aromatic N) is 4. The minimum Gasteiger partial charge on any atom is -0.381 e. The number of hydrogen-bond donors (Lipinski definition) is 2. The SMILES string of the molecule is Cc1ccc(NC(=O)N2CCC[C@H](Nc3ccc(N(C)C)nc3)CC2)nc1. The third-order valence-corrected chi connectivity index (χ3v) is 4.74. The van der Waals surface area contributed by atoms with Crippen LogP contribution in [0.3, 0.4) is 0 Å². The Hall–Kier alpha value is -2.83. The van der Waals surface area contributed by atoms with E-state index in [1.165, 1.54) is 0 Å². The standard InChI is InChI=1S/C20H28N6O/c1-15-6-8-18(21-13-15)24-20(27)26-11-4-5-16(10-12-26)23-17-7-9-19(22-14-17)25(2)3/h6-9,13-14,16,23H,4-5,10-12H2,1-3H3,(H,21,24,27)/t16-/m0/s1. The maximum Gasteiger partial charge on any atom is 0.323 e. The van der Waals surface area contributed by atoms with Crippen molar-refractivity contribution in [2.45, 2.75) is 32.2 Å². The number of rotatable bonds is 4. The van der Waals surface area contributed by atoms with Crippen molar-refractivity contribution in [3.8, 4) is 0 Å². The number of likely N-dealkylation sites (tertiary alicyclic amines) is 1. The van der Waals surface area contributed by atoms with E-state index in [1.807, 2.05) is 55.2 Å². The molecular weight excluding hydrogens is 340 g/mol. The van der Waals surface area contributed by atoms with Crippen molar-refractivity contribution in [1.82, 2.24) is 14.9 Å². The molecule has 0 radical (unpaired) electrons. The second-order valence-electron chi connectivity index (χ2n) is 7.21. The van der Waals surface area contributed by atoms with Crippen molar-refractivity contribution in [3.63, 3.8) is 0 Å². The maximum absolute atomic E-state index is 12.5. The number of urea groups is 1. The number of amides is 2. The first-order valence-electron chi connectivity index (χ1n) is 9.40. The van der Waals surface area contributed by atoms with Crippen LogP contribution >= 0.6 is 0 Å². The molecule has 0 aliphatic carbocycles. The molecule has 0 spiro atoms. The average Bonchev–Trinajstić information content (AvgIpc) is 2.90. The third-order valence-electron chi connectivity index (χ3n) is 4.74. The third kappa shape index (κ3) is 5.32. The highest BCUT2D eigenvalue weighted by Gasteiger charge is 2.21. The van der Waals surface area contributed by atoms with Gasteiger partial charge in [-0.3, -0.25) is 5.32 Å². The van der Waals surface area contributed by atoms with E-state index in [-0.39, 0.29) is 6.03 Å². The van der Waals surface area contributed by atoms with Gasteiger partial charge in [-0.1, -0.05) is 6.07 Å². The Balaban J connectivity index is 1.52. The highest BCUT2D eigenvalue weighted by Crippen LogP contribution is 2.19. The van der Waals surface area contributed by atoms with E-state index in [0.29, 0.717) is 11.9 Å². The van der Waals surface area contributed by atoms with E-state index < -0.39 is 0 Å².